The van der Waals surface area contributed by atoms with Crippen molar-refractivity contribution in [2.24, 2.45) is 0 Å². The van der Waals surface area contributed by atoms with Gasteiger partial charge in [0.15, 0.2) is 6.29 Å². The number of rotatable bonds is 2. The van der Waals surface area contributed by atoms with Crippen LogP contribution in [-0.2, 0) is 19.1 Å². The summed E-state index contributed by atoms with van der Waals surface area (Å²) in [6, 6.07) is 0. The largest absolute Gasteiger partial charge is 0.442 e. The maximum atomic E-state index is 12.4. The first-order valence-corrected chi connectivity index (χ1v) is 4.17. The molecule has 0 aromatic rings. The number of alkyl halides is 3. The number of ether oxygens (including phenoxy) is 2. The van der Waals surface area contributed by atoms with E-state index in [4.69, 9.17) is 0 Å². The molecule has 1 aliphatic rings. The van der Waals surface area contributed by atoms with Gasteiger partial charge < -0.3 is 9.47 Å². The van der Waals surface area contributed by atoms with Gasteiger partial charge in [-0.05, 0) is 6.92 Å². The third-order valence-corrected chi connectivity index (χ3v) is 2.07. The Morgan fingerprint density at radius 1 is 1.53 bits per heavy atom. The van der Waals surface area contributed by atoms with E-state index in [0.717, 1.165) is 0 Å². The van der Waals surface area contributed by atoms with E-state index < -0.39 is 23.9 Å². The molecule has 0 bridgehead atoms. The minimum Gasteiger partial charge on any atom is -0.343 e. The van der Waals surface area contributed by atoms with Crippen LogP contribution in [0.25, 0.3) is 0 Å². The molecule has 1 aliphatic heterocycles. The molecule has 0 aromatic carbocycles. The molecule has 1 heterocycles. The molecule has 0 saturated carbocycles. The van der Waals surface area contributed by atoms with Crippen LogP contribution in [0, 0.1) is 0 Å². The molecule has 7 heteroatoms. The average Bonchev–Trinajstić information content (AvgIpc) is 2.15. The molecule has 1 rings (SSSR count). The average molecular weight is 226 g/mol. The van der Waals surface area contributed by atoms with Crippen molar-refractivity contribution in [2.45, 2.75) is 31.4 Å². The van der Waals surface area contributed by atoms with Gasteiger partial charge in [-0.3, -0.25) is 9.59 Å². The normalized spacial score (nSPS) is 32.4. The van der Waals surface area contributed by atoms with Gasteiger partial charge in [0.1, 0.15) is 6.10 Å². The summed E-state index contributed by atoms with van der Waals surface area (Å²) in [6.45, 7) is 0.400. The second-order valence-corrected chi connectivity index (χ2v) is 3.21. The Morgan fingerprint density at radius 3 is 2.60 bits per heavy atom. The van der Waals surface area contributed by atoms with Gasteiger partial charge >= 0.3 is 6.18 Å². The SMILES string of the molecule is CC1(C(F)(F)F)OCCC(C(=O)C=O)O1. The quantitative estimate of drug-likeness (QED) is 0.517. The fourth-order valence-corrected chi connectivity index (χ4v) is 1.15. The van der Waals surface area contributed by atoms with Crippen molar-refractivity contribution in [1.29, 1.82) is 0 Å². The second-order valence-electron chi connectivity index (χ2n) is 3.21. The number of aldehydes is 1. The van der Waals surface area contributed by atoms with E-state index in [1.165, 1.54) is 0 Å². The summed E-state index contributed by atoms with van der Waals surface area (Å²) >= 11 is 0. The second kappa shape index (κ2) is 3.90. The van der Waals surface area contributed by atoms with Gasteiger partial charge in [0.05, 0.1) is 6.61 Å². The number of halogens is 3. The van der Waals surface area contributed by atoms with Gasteiger partial charge in [-0.2, -0.15) is 13.2 Å². The molecule has 4 nitrogen and oxygen atoms in total. The van der Waals surface area contributed by atoms with Gasteiger partial charge in [0, 0.05) is 6.42 Å². The van der Waals surface area contributed by atoms with E-state index in [1.807, 2.05) is 0 Å². The van der Waals surface area contributed by atoms with Crippen LogP contribution in [0.3, 0.4) is 0 Å². The molecule has 0 aromatic heterocycles. The zero-order valence-electron chi connectivity index (χ0n) is 7.84. The van der Waals surface area contributed by atoms with Crippen molar-refractivity contribution in [3.8, 4) is 0 Å². The van der Waals surface area contributed by atoms with Crippen LogP contribution in [0.5, 0.6) is 0 Å². The zero-order chi connectivity index (χ0) is 11.7. The summed E-state index contributed by atoms with van der Waals surface area (Å²) in [7, 11) is 0. The maximum Gasteiger partial charge on any atom is 0.442 e. The van der Waals surface area contributed by atoms with Gasteiger partial charge in [0.2, 0.25) is 5.78 Å². The third-order valence-electron chi connectivity index (χ3n) is 2.07. The highest BCUT2D eigenvalue weighted by molar-refractivity contribution is 6.27. The minimum atomic E-state index is -4.74. The number of hydrogen-bond donors (Lipinski definition) is 0. The van der Waals surface area contributed by atoms with Crippen molar-refractivity contribution < 1.29 is 32.2 Å². The summed E-state index contributed by atoms with van der Waals surface area (Å²) in [5.74, 6) is -3.82. The van der Waals surface area contributed by atoms with Crippen molar-refractivity contribution in [3.63, 3.8) is 0 Å². The van der Waals surface area contributed by atoms with E-state index in [1.54, 1.807) is 0 Å². The first-order chi connectivity index (χ1) is 6.80. The van der Waals surface area contributed by atoms with Crippen molar-refractivity contribution in [2.75, 3.05) is 6.61 Å². The van der Waals surface area contributed by atoms with Crippen molar-refractivity contribution >= 4 is 12.1 Å². The fourth-order valence-electron chi connectivity index (χ4n) is 1.15. The van der Waals surface area contributed by atoms with Crippen LogP contribution in [0.4, 0.5) is 13.2 Å². The lowest BCUT2D eigenvalue weighted by Crippen LogP contribution is -2.54. The topological polar surface area (TPSA) is 52.6 Å². The Balaban J connectivity index is 2.79. The summed E-state index contributed by atoms with van der Waals surface area (Å²) in [4.78, 5) is 21.0. The molecule has 2 unspecified atom stereocenters. The Bertz CT molecular complexity index is 276. The lowest BCUT2D eigenvalue weighted by Gasteiger charge is -2.38. The number of ketones is 1. The molecule has 1 fully saturated rings. The predicted molar refractivity (Wildman–Crippen MR) is 41.0 cm³/mol. The molecule has 15 heavy (non-hydrogen) atoms. The van der Waals surface area contributed by atoms with Gasteiger partial charge in [-0.25, -0.2) is 0 Å². The lowest BCUT2D eigenvalue weighted by atomic mass is 10.1. The molecule has 0 spiro atoms. The number of carbonyl (C=O) groups is 2. The number of hydrogen-bond acceptors (Lipinski definition) is 4. The summed E-state index contributed by atoms with van der Waals surface area (Å²) in [5, 5.41) is 0. The van der Waals surface area contributed by atoms with E-state index in [2.05, 4.69) is 9.47 Å². The number of Topliss-reactive ketones (excluding diaryl/α,β-unsaturated/α-hetero) is 1. The highest BCUT2D eigenvalue weighted by Crippen LogP contribution is 2.38. The van der Waals surface area contributed by atoms with E-state index in [0.29, 0.717) is 6.92 Å². The first-order valence-electron chi connectivity index (χ1n) is 4.17. The Hall–Kier alpha value is -0.950. The predicted octanol–water partition coefficient (Wildman–Crippen LogP) is 0.838. The standard InChI is InChI=1S/C8H9F3O4/c1-7(8(9,10)11)14-3-2-6(15-7)5(13)4-12/h4,6H,2-3H2,1H3. The van der Waals surface area contributed by atoms with Crippen LogP contribution >= 0.6 is 0 Å². The van der Waals surface area contributed by atoms with Crippen molar-refractivity contribution in [1.82, 2.24) is 0 Å². The van der Waals surface area contributed by atoms with Crippen molar-refractivity contribution in [3.05, 3.63) is 0 Å². The molecular weight excluding hydrogens is 217 g/mol. The van der Waals surface area contributed by atoms with Crippen LogP contribution in [0.2, 0.25) is 0 Å². The van der Waals surface area contributed by atoms with Crippen LogP contribution in [-0.4, -0.2) is 36.7 Å². The Morgan fingerprint density at radius 2 is 2.13 bits per heavy atom. The van der Waals surface area contributed by atoms with E-state index in [-0.39, 0.29) is 19.3 Å². The summed E-state index contributed by atoms with van der Waals surface area (Å²) < 4.78 is 46.2. The monoisotopic (exact) mass is 226 g/mol. The molecule has 2 atom stereocenters. The number of carbonyl (C=O) groups excluding carboxylic acids is 2. The third kappa shape index (κ3) is 2.35. The van der Waals surface area contributed by atoms with E-state index in [9.17, 15) is 22.8 Å². The Kier molecular flexibility index (Phi) is 3.15. The highest BCUT2D eigenvalue weighted by atomic mass is 19.4. The summed E-state index contributed by atoms with van der Waals surface area (Å²) in [6.07, 6.45) is -6.21. The molecule has 0 aliphatic carbocycles. The van der Waals surface area contributed by atoms with Crippen LogP contribution in [0.15, 0.2) is 0 Å². The zero-order valence-corrected chi connectivity index (χ0v) is 7.84. The smallest absolute Gasteiger partial charge is 0.343 e. The molecule has 0 N–H and O–H groups in total. The molecular formula is C8H9F3O4. The summed E-state index contributed by atoms with van der Waals surface area (Å²) in [5.41, 5.74) is 0. The first kappa shape index (κ1) is 12.1. The van der Waals surface area contributed by atoms with Gasteiger partial charge in [-0.15, -0.1) is 0 Å². The molecule has 86 valence electrons. The maximum absolute atomic E-state index is 12.4. The Labute approximate surface area is 83.3 Å². The highest BCUT2D eigenvalue weighted by Gasteiger charge is 2.57. The van der Waals surface area contributed by atoms with Crippen LogP contribution in [0.1, 0.15) is 13.3 Å². The van der Waals surface area contributed by atoms with Crippen LogP contribution < -0.4 is 0 Å². The van der Waals surface area contributed by atoms with E-state index >= 15 is 0 Å². The van der Waals surface area contributed by atoms with Gasteiger partial charge in [0.25, 0.3) is 5.79 Å². The molecule has 1 saturated heterocycles. The molecule has 0 radical (unpaired) electrons. The lowest BCUT2D eigenvalue weighted by molar-refractivity contribution is -0.396. The fraction of sp³-hybridized carbons (Fsp3) is 0.750. The molecule has 0 amide bonds. The van der Waals surface area contributed by atoms with Gasteiger partial charge in [-0.1, -0.05) is 0 Å². The minimum absolute atomic E-state index is 0.0488.